The lowest BCUT2D eigenvalue weighted by atomic mass is 10.1. The summed E-state index contributed by atoms with van der Waals surface area (Å²) in [4.78, 5) is 31.9. The Morgan fingerprint density at radius 2 is 1.73 bits per heavy atom. The van der Waals surface area contributed by atoms with Crippen molar-refractivity contribution in [2.24, 2.45) is 7.05 Å². The number of carbonyl (C=O) groups excluding carboxylic acids is 2. The van der Waals surface area contributed by atoms with Gasteiger partial charge in [-0.3, -0.25) is 14.5 Å². The monoisotopic (exact) mass is 442 g/mol. The Balaban J connectivity index is 1.20. The molecule has 1 unspecified atom stereocenters. The number of nitrogens with zero attached hydrogens (tertiary/aromatic N) is 4. The summed E-state index contributed by atoms with van der Waals surface area (Å²) in [5, 5.41) is 2.22. The number of rotatable bonds is 4. The summed E-state index contributed by atoms with van der Waals surface area (Å²) in [5.41, 5.74) is 3.20. The lowest BCUT2D eigenvalue weighted by Gasteiger charge is -2.46. The maximum atomic E-state index is 13.4. The van der Waals surface area contributed by atoms with Crippen molar-refractivity contribution in [3.05, 3.63) is 72.1 Å². The van der Waals surface area contributed by atoms with Crippen LogP contribution in [0.15, 0.2) is 65.1 Å². The van der Waals surface area contributed by atoms with Gasteiger partial charge in [0.15, 0.2) is 0 Å². The Kier molecular flexibility index (Phi) is 4.73. The maximum Gasteiger partial charge on any atom is 0.247 e. The zero-order chi connectivity index (χ0) is 22.5. The van der Waals surface area contributed by atoms with Crippen LogP contribution >= 0.6 is 0 Å². The predicted molar refractivity (Wildman–Crippen MR) is 125 cm³/mol. The number of hydrogen-bond acceptors (Lipinski definition) is 4. The van der Waals surface area contributed by atoms with Crippen LogP contribution in [-0.2, 0) is 29.7 Å². The van der Waals surface area contributed by atoms with Gasteiger partial charge < -0.3 is 18.8 Å². The second-order valence-corrected chi connectivity index (χ2v) is 9.04. The van der Waals surface area contributed by atoms with Crippen LogP contribution in [0.3, 0.4) is 0 Å². The van der Waals surface area contributed by atoms with Crippen LogP contribution in [0.2, 0.25) is 0 Å². The quantitative estimate of drug-likeness (QED) is 0.488. The molecule has 2 aromatic heterocycles. The molecule has 4 heterocycles. The van der Waals surface area contributed by atoms with Gasteiger partial charge in [-0.1, -0.05) is 36.4 Å². The highest BCUT2D eigenvalue weighted by Crippen LogP contribution is 2.25. The van der Waals surface area contributed by atoms with Gasteiger partial charge in [0, 0.05) is 49.8 Å². The highest BCUT2D eigenvalue weighted by atomic mass is 16.3. The number of carbonyl (C=O) groups is 2. The van der Waals surface area contributed by atoms with Gasteiger partial charge in [-0.15, -0.1) is 0 Å². The summed E-state index contributed by atoms with van der Waals surface area (Å²) in [6.07, 6.45) is 0. The summed E-state index contributed by atoms with van der Waals surface area (Å²) in [5.74, 6) is 0.714. The number of para-hydroxylation sites is 2. The zero-order valence-corrected chi connectivity index (χ0v) is 18.6. The molecule has 0 bridgehead atoms. The second kappa shape index (κ2) is 7.78. The molecule has 7 heteroatoms. The van der Waals surface area contributed by atoms with Gasteiger partial charge >= 0.3 is 0 Å². The molecule has 2 aromatic carbocycles. The molecule has 2 aliphatic rings. The van der Waals surface area contributed by atoms with E-state index < -0.39 is 6.04 Å². The molecule has 4 aromatic rings. The van der Waals surface area contributed by atoms with E-state index in [0.29, 0.717) is 25.4 Å². The van der Waals surface area contributed by atoms with E-state index in [2.05, 4.69) is 34.7 Å². The van der Waals surface area contributed by atoms with E-state index in [1.165, 1.54) is 16.6 Å². The number of benzene rings is 2. The SMILES string of the molecule is Cn1c(CN2CCN3C(=O)CN(Cc4cc5ccccc5o4)C(=O)C3C2)cc2ccccc21. The Morgan fingerprint density at radius 3 is 2.55 bits per heavy atom. The lowest BCUT2D eigenvalue weighted by Crippen LogP contribution is -2.66. The molecule has 6 rings (SSSR count). The molecular weight excluding hydrogens is 416 g/mol. The summed E-state index contributed by atoms with van der Waals surface area (Å²) in [6.45, 7) is 3.06. The molecule has 0 radical (unpaired) electrons. The van der Waals surface area contributed by atoms with Crippen LogP contribution in [0.1, 0.15) is 11.5 Å². The highest BCUT2D eigenvalue weighted by Gasteiger charge is 2.42. The van der Waals surface area contributed by atoms with Crippen molar-refractivity contribution >= 4 is 33.7 Å². The minimum Gasteiger partial charge on any atom is -0.459 e. The first kappa shape index (κ1) is 20.1. The molecular formula is C26H26N4O3. The number of amides is 2. The fourth-order valence-electron chi connectivity index (χ4n) is 5.20. The molecule has 1 atom stereocenters. The second-order valence-electron chi connectivity index (χ2n) is 9.04. The third-order valence-electron chi connectivity index (χ3n) is 6.97. The van der Waals surface area contributed by atoms with E-state index in [4.69, 9.17) is 4.42 Å². The molecule has 0 N–H and O–H groups in total. The number of hydrogen-bond donors (Lipinski definition) is 0. The maximum absolute atomic E-state index is 13.4. The minimum absolute atomic E-state index is 0.00296. The average Bonchev–Trinajstić information content (AvgIpc) is 3.37. The minimum atomic E-state index is -0.445. The van der Waals surface area contributed by atoms with Crippen LogP contribution in [-0.4, -0.2) is 63.3 Å². The first-order chi connectivity index (χ1) is 16.1. The largest absolute Gasteiger partial charge is 0.459 e. The van der Waals surface area contributed by atoms with E-state index in [9.17, 15) is 9.59 Å². The summed E-state index contributed by atoms with van der Waals surface area (Å²) >= 11 is 0. The van der Waals surface area contributed by atoms with Crippen molar-refractivity contribution in [1.82, 2.24) is 19.3 Å². The van der Waals surface area contributed by atoms with Gasteiger partial charge in [-0.25, -0.2) is 0 Å². The number of piperazine rings is 2. The molecule has 0 spiro atoms. The number of fused-ring (bicyclic) bond motifs is 3. The van der Waals surface area contributed by atoms with Crippen LogP contribution < -0.4 is 0 Å². The van der Waals surface area contributed by atoms with E-state index in [1.807, 2.05) is 42.5 Å². The topological polar surface area (TPSA) is 61.9 Å². The van der Waals surface area contributed by atoms with E-state index in [-0.39, 0.29) is 18.4 Å². The first-order valence-corrected chi connectivity index (χ1v) is 11.4. The zero-order valence-electron chi connectivity index (χ0n) is 18.6. The Morgan fingerprint density at radius 1 is 0.939 bits per heavy atom. The fraction of sp³-hybridized carbons (Fsp3) is 0.308. The molecule has 2 amide bonds. The Bertz CT molecular complexity index is 1340. The van der Waals surface area contributed by atoms with Crippen LogP contribution in [0, 0.1) is 0 Å². The third kappa shape index (κ3) is 3.49. The van der Waals surface area contributed by atoms with Crippen molar-refractivity contribution in [3.63, 3.8) is 0 Å². The van der Waals surface area contributed by atoms with Crippen molar-refractivity contribution in [1.29, 1.82) is 0 Å². The van der Waals surface area contributed by atoms with E-state index in [0.717, 1.165) is 24.1 Å². The van der Waals surface area contributed by atoms with Gasteiger partial charge in [-0.05, 0) is 29.7 Å². The average molecular weight is 443 g/mol. The first-order valence-electron chi connectivity index (χ1n) is 11.4. The number of aromatic nitrogens is 1. The van der Waals surface area contributed by atoms with Crippen LogP contribution in [0.5, 0.6) is 0 Å². The van der Waals surface area contributed by atoms with Crippen LogP contribution in [0.4, 0.5) is 0 Å². The fourth-order valence-corrected chi connectivity index (χ4v) is 5.20. The smallest absolute Gasteiger partial charge is 0.247 e. The standard InChI is InChI=1S/C26H26N4O3/c1-27-20(12-18-6-2-4-8-22(18)27)14-28-10-11-30-23(16-28)26(32)29(17-25(30)31)15-21-13-19-7-3-5-9-24(19)33-21/h2-9,12-13,23H,10-11,14-17H2,1H3. The molecule has 2 fully saturated rings. The van der Waals surface area contributed by atoms with Gasteiger partial charge in [0.2, 0.25) is 11.8 Å². The van der Waals surface area contributed by atoms with Gasteiger partial charge in [0.25, 0.3) is 0 Å². The molecule has 2 saturated heterocycles. The normalized spacial score (nSPS) is 19.6. The summed E-state index contributed by atoms with van der Waals surface area (Å²) in [6, 6.07) is 19.8. The third-order valence-corrected chi connectivity index (χ3v) is 6.97. The van der Waals surface area contributed by atoms with Crippen LogP contribution in [0.25, 0.3) is 21.9 Å². The van der Waals surface area contributed by atoms with E-state index in [1.54, 1.807) is 9.80 Å². The molecule has 2 aliphatic heterocycles. The summed E-state index contributed by atoms with van der Waals surface area (Å²) < 4.78 is 8.11. The highest BCUT2D eigenvalue weighted by molar-refractivity contribution is 5.95. The number of aryl methyl sites for hydroxylation is 1. The van der Waals surface area contributed by atoms with Gasteiger partial charge in [0.05, 0.1) is 6.54 Å². The van der Waals surface area contributed by atoms with Gasteiger partial charge in [-0.2, -0.15) is 0 Å². The Labute approximate surface area is 191 Å². The molecule has 168 valence electrons. The van der Waals surface area contributed by atoms with E-state index >= 15 is 0 Å². The Hall–Kier alpha value is -3.58. The molecule has 0 saturated carbocycles. The molecule has 0 aliphatic carbocycles. The van der Waals surface area contributed by atoms with Crippen molar-refractivity contribution < 1.29 is 14.0 Å². The van der Waals surface area contributed by atoms with Crippen molar-refractivity contribution in [2.75, 3.05) is 26.2 Å². The van der Waals surface area contributed by atoms with Crippen molar-refractivity contribution in [2.45, 2.75) is 19.1 Å². The summed E-state index contributed by atoms with van der Waals surface area (Å²) in [7, 11) is 2.08. The van der Waals surface area contributed by atoms with Crippen molar-refractivity contribution in [3.8, 4) is 0 Å². The van der Waals surface area contributed by atoms with Gasteiger partial charge in [0.1, 0.15) is 23.9 Å². The molecule has 33 heavy (non-hydrogen) atoms. The molecule has 7 nitrogen and oxygen atoms in total. The number of furan rings is 1. The lowest BCUT2D eigenvalue weighted by molar-refractivity contribution is -0.160. The predicted octanol–water partition coefficient (Wildman–Crippen LogP) is 2.98.